The number of hydrogen-bond donors (Lipinski definition) is 2. The lowest BCUT2D eigenvalue weighted by Gasteiger charge is -2.09. The average Bonchev–Trinajstić information content (AvgIpc) is 2.66. The molecule has 2 N–H and O–H groups in total. The molecule has 3 rings (SSSR count). The third kappa shape index (κ3) is 4.29. The van der Waals surface area contributed by atoms with E-state index in [1.54, 1.807) is 13.3 Å². The number of ether oxygens (including phenoxy) is 1. The predicted molar refractivity (Wildman–Crippen MR) is 105 cm³/mol. The molecule has 0 radical (unpaired) electrons. The van der Waals surface area contributed by atoms with E-state index >= 15 is 0 Å². The summed E-state index contributed by atoms with van der Waals surface area (Å²) in [6.45, 7) is 2.60. The quantitative estimate of drug-likeness (QED) is 0.641. The van der Waals surface area contributed by atoms with Crippen molar-refractivity contribution in [3.8, 4) is 17.1 Å². The molecule has 0 aliphatic carbocycles. The van der Waals surface area contributed by atoms with Crippen molar-refractivity contribution in [1.82, 2.24) is 15.0 Å². The van der Waals surface area contributed by atoms with Gasteiger partial charge in [-0.05, 0) is 52.2 Å². The fraction of sp³-hybridized carbons (Fsp3) is 0.211. The van der Waals surface area contributed by atoms with Crippen LogP contribution in [0, 0.1) is 0 Å². The van der Waals surface area contributed by atoms with Crippen molar-refractivity contribution in [1.29, 1.82) is 0 Å². The highest BCUT2D eigenvalue weighted by atomic mass is 79.9. The molecule has 0 unspecified atom stereocenters. The summed E-state index contributed by atoms with van der Waals surface area (Å²) >= 11 is 3.48. The number of methoxy groups -OCH3 is 1. The lowest BCUT2D eigenvalue weighted by atomic mass is 10.2. The number of anilines is 1. The third-order valence-corrected chi connectivity index (χ3v) is 4.50. The first-order valence-electron chi connectivity index (χ1n) is 8.22. The number of aromatic nitrogens is 3. The summed E-state index contributed by atoms with van der Waals surface area (Å²) in [6, 6.07) is 11.2. The monoisotopic (exact) mass is 414 g/mol. The third-order valence-electron chi connectivity index (χ3n) is 3.88. The molecule has 0 bridgehead atoms. The molecule has 134 valence electrons. The molecule has 3 aromatic rings. The van der Waals surface area contributed by atoms with E-state index < -0.39 is 0 Å². The van der Waals surface area contributed by atoms with Gasteiger partial charge in [-0.25, -0.2) is 9.97 Å². The lowest BCUT2D eigenvalue weighted by molar-refractivity contribution is 0.412. The van der Waals surface area contributed by atoms with Crippen molar-refractivity contribution in [2.45, 2.75) is 19.9 Å². The number of H-pyrrole nitrogens is 1. The molecule has 0 saturated carbocycles. The van der Waals surface area contributed by atoms with Crippen LogP contribution in [0.2, 0.25) is 0 Å². The summed E-state index contributed by atoms with van der Waals surface area (Å²) in [5.41, 5.74) is 2.48. The second-order valence-corrected chi connectivity index (χ2v) is 6.55. The van der Waals surface area contributed by atoms with E-state index in [1.165, 1.54) is 6.07 Å². The second-order valence-electron chi connectivity index (χ2n) is 5.69. The summed E-state index contributed by atoms with van der Waals surface area (Å²) in [4.78, 5) is 23.3. The molecular formula is C19H19BrN4O2. The van der Waals surface area contributed by atoms with Crippen LogP contribution in [0.3, 0.4) is 0 Å². The Kier molecular flexibility index (Phi) is 5.68. The fourth-order valence-electron chi connectivity index (χ4n) is 2.48. The molecule has 0 amide bonds. The number of nitrogens with one attached hydrogen (secondary N) is 2. The molecule has 2 aromatic heterocycles. The maximum Gasteiger partial charge on any atom is 0.251 e. The number of hydrogen-bond acceptors (Lipinski definition) is 5. The Morgan fingerprint density at radius 2 is 2.08 bits per heavy atom. The molecule has 2 heterocycles. The largest absolute Gasteiger partial charge is 0.496 e. The van der Waals surface area contributed by atoms with E-state index in [0.29, 0.717) is 18.8 Å². The first kappa shape index (κ1) is 18.1. The van der Waals surface area contributed by atoms with E-state index in [4.69, 9.17) is 4.74 Å². The highest BCUT2D eigenvalue weighted by Gasteiger charge is 2.05. The fourth-order valence-corrected chi connectivity index (χ4v) is 3.06. The molecule has 0 aliphatic rings. The number of rotatable bonds is 6. The summed E-state index contributed by atoms with van der Waals surface area (Å²) in [5.74, 6) is 2.08. The maximum absolute atomic E-state index is 11.7. The molecule has 0 aliphatic heterocycles. The van der Waals surface area contributed by atoms with Crippen molar-refractivity contribution in [2.75, 3.05) is 12.4 Å². The van der Waals surface area contributed by atoms with Gasteiger partial charge in [0, 0.05) is 30.1 Å². The van der Waals surface area contributed by atoms with Crippen LogP contribution < -0.4 is 15.6 Å². The molecule has 0 fully saturated rings. The molecule has 26 heavy (non-hydrogen) atoms. The van der Waals surface area contributed by atoms with Crippen LogP contribution >= 0.6 is 15.9 Å². The topological polar surface area (TPSA) is 79.9 Å². The molecule has 7 heteroatoms. The Hall–Kier alpha value is -2.67. The van der Waals surface area contributed by atoms with Gasteiger partial charge in [0.15, 0.2) is 0 Å². The zero-order chi connectivity index (χ0) is 18.5. The smallest absolute Gasteiger partial charge is 0.251 e. The number of halogens is 1. The van der Waals surface area contributed by atoms with Crippen molar-refractivity contribution < 1.29 is 4.74 Å². The number of aromatic amines is 1. The van der Waals surface area contributed by atoms with Crippen LogP contribution in [0.5, 0.6) is 5.75 Å². The zero-order valence-corrected chi connectivity index (χ0v) is 16.1. The van der Waals surface area contributed by atoms with Crippen LogP contribution in [0.25, 0.3) is 11.4 Å². The van der Waals surface area contributed by atoms with E-state index in [0.717, 1.165) is 32.9 Å². The van der Waals surface area contributed by atoms with E-state index in [2.05, 4.69) is 36.2 Å². The van der Waals surface area contributed by atoms with Gasteiger partial charge in [0.2, 0.25) is 0 Å². The average molecular weight is 415 g/mol. The van der Waals surface area contributed by atoms with Gasteiger partial charge in [-0.2, -0.15) is 0 Å². The summed E-state index contributed by atoms with van der Waals surface area (Å²) in [6.07, 6.45) is 2.41. The first-order valence-corrected chi connectivity index (χ1v) is 9.01. The number of nitrogens with zero attached hydrogens (tertiary/aromatic N) is 2. The van der Waals surface area contributed by atoms with Crippen LogP contribution in [-0.4, -0.2) is 22.1 Å². The molecule has 0 spiro atoms. The van der Waals surface area contributed by atoms with Crippen molar-refractivity contribution >= 4 is 21.7 Å². The standard InChI is InChI=1S/C19H19BrN4O2/c1-3-14-9-18(25)24-19(23-14)13-5-7-17(22-11-13)21-10-12-4-6-16(26-2)15(20)8-12/h4-9,11H,3,10H2,1-2H3,(H,21,22)(H,23,24,25). The van der Waals surface area contributed by atoms with Crippen molar-refractivity contribution in [3.63, 3.8) is 0 Å². The van der Waals surface area contributed by atoms with Crippen LogP contribution in [0.15, 0.2) is 51.9 Å². The Morgan fingerprint density at radius 1 is 1.23 bits per heavy atom. The molecule has 0 saturated heterocycles. The Balaban J connectivity index is 1.71. The summed E-state index contributed by atoms with van der Waals surface area (Å²) in [5, 5.41) is 3.27. The molecular weight excluding hydrogens is 396 g/mol. The number of benzene rings is 1. The summed E-state index contributed by atoms with van der Waals surface area (Å²) < 4.78 is 6.14. The zero-order valence-electron chi connectivity index (χ0n) is 14.5. The van der Waals surface area contributed by atoms with Crippen LogP contribution in [0.1, 0.15) is 18.2 Å². The second kappa shape index (κ2) is 8.14. The van der Waals surface area contributed by atoms with E-state index in [-0.39, 0.29) is 5.56 Å². The van der Waals surface area contributed by atoms with Crippen molar-refractivity contribution in [2.24, 2.45) is 0 Å². The minimum absolute atomic E-state index is 0.154. The molecule has 0 atom stereocenters. The SMILES string of the molecule is CCc1cc(=O)[nH]c(-c2ccc(NCc3ccc(OC)c(Br)c3)nc2)n1. The highest BCUT2D eigenvalue weighted by molar-refractivity contribution is 9.10. The van der Waals surface area contributed by atoms with Gasteiger partial charge in [0.1, 0.15) is 17.4 Å². The highest BCUT2D eigenvalue weighted by Crippen LogP contribution is 2.25. The minimum Gasteiger partial charge on any atom is -0.496 e. The van der Waals surface area contributed by atoms with Crippen molar-refractivity contribution in [3.05, 3.63) is 68.7 Å². The van der Waals surface area contributed by atoms with Gasteiger partial charge in [0.25, 0.3) is 5.56 Å². The van der Waals surface area contributed by atoms with Crippen LogP contribution in [0.4, 0.5) is 5.82 Å². The van der Waals surface area contributed by atoms with E-state index in [9.17, 15) is 4.79 Å². The normalized spacial score (nSPS) is 10.6. The first-order chi connectivity index (χ1) is 12.6. The minimum atomic E-state index is -0.154. The van der Waals surface area contributed by atoms with Gasteiger partial charge >= 0.3 is 0 Å². The molecule has 1 aromatic carbocycles. The Labute approximate surface area is 159 Å². The predicted octanol–water partition coefficient (Wildman–Crippen LogP) is 3.78. The lowest BCUT2D eigenvalue weighted by Crippen LogP contribution is -2.10. The van der Waals surface area contributed by atoms with Gasteiger partial charge < -0.3 is 15.0 Å². The summed E-state index contributed by atoms with van der Waals surface area (Å²) in [7, 11) is 1.64. The Bertz CT molecular complexity index is 954. The maximum atomic E-state index is 11.7. The number of pyridine rings is 1. The molecule has 6 nitrogen and oxygen atoms in total. The van der Waals surface area contributed by atoms with Gasteiger partial charge in [0.05, 0.1) is 11.6 Å². The van der Waals surface area contributed by atoms with Crippen LogP contribution in [-0.2, 0) is 13.0 Å². The van der Waals surface area contributed by atoms with Gasteiger partial charge in [-0.3, -0.25) is 4.79 Å². The van der Waals surface area contributed by atoms with Gasteiger partial charge in [-0.15, -0.1) is 0 Å². The number of aryl methyl sites for hydroxylation is 1. The van der Waals surface area contributed by atoms with Gasteiger partial charge in [-0.1, -0.05) is 13.0 Å². The Morgan fingerprint density at radius 3 is 2.73 bits per heavy atom. The van der Waals surface area contributed by atoms with E-state index in [1.807, 2.05) is 37.3 Å².